The third kappa shape index (κ3) is 3.26. The van der Waals surface area contributed by atoms with Gasteiger partial charge in [-0.15, -0.1) is 0 Å². The standard InChI is InChI=1S/C15H22N2O2/c1-10(11-6-8-12(19-2)9-7-11)17-15(18)13-4-3-5-14(13)16/h6-10,13-14H,3-5,16H2,1-2H3,(H,17,18). The number of methoxy groups -OCH3 is 1. The van der Waals surface area contributed by atoms with E-state index in [9.17, 15) is 4.79 Å². The molecule has 0 saturated heterocycles. The van der Waals surface area contributed by atoms with Crippen LogP contribution in [0.5, 0.6) is 5.75 Å². The van der Waals surface area contributed by atoms with Crippen LogP contribution < -0.4 is 15.8 Å². The first-order chi connectivity index (χ1) is 9.11. The summed E-state index contributed by atoms with van der Waals surface area (Å²) >= 11 is 0. The maximum Gasteiger partial charge on any atom is 0.225 e. The van der Waals surface area contributed by atoms with Crippen molar-refractivity contribution in [3.63, 3.8) is 0 Å². The lowest BCUT2D eigenvalue weighted by Crippen LogP contribution is -2.39. The zero-order valence-corrected chi connectivity index (χ0v) is 11.6. The van der Waals surface area contributed by atoms with Crippen molar-refractivity contribution < 1.29 is 9.53 Å². The second kappa shape index (κ2) is 6.06. The van der Waals surface area contributed by atoms with Crippen molar-refractivity contribution in [2.24, 2.45) is 11.7 Å². The van der Waals surface area contributed by atoms with Crippen molar-refractivity contribution in [3.05, 3.63) is 29.8 Å². The van der Waals surface area contributed by atoms with Gasteiger partial charge in [0.05, 0.1) is 19.1 Å². The summed E-state index contributed by atoms with van der Waals surface area (Å²) in [7, 11) is 1.64. The number of nitrogens with one attached hydrogen (secondary N) is 1. The van der Waals surface area contributed by atoms with E-state index >= 15 is 0 Å². The Balaban J connectivity index is 1.95. The average molecular weight is 262 g/mol. The van der Waals surface area contributed by atoms with E-state index in [0.29, 0.717) is 0 Å². The van der Waals surface area contributed by atoms with Crippen molar-refractivity contribution >= 4 is 5.91 Å². The molecular formula is C15H22N2O2. The van der Waals surface area contributed by atoms with Crippen molar-refractivity contribution in [3.8, 4) is 5.75 Å². The molecule has 2 rings (SSSR count). The first-order valence-corrected chi connectivity index (χ1v) is 6.81. The predicted octanol–water partition coefficient (Wildman–Crippen LogP) is 2.00. The molecule has 1 aliphatic carbocycles. The van der Waals surface area contributed by atoms with Gasteiger partial charge in [0.25, 0.3) is 0 Å². The first kappa shape index (κ1) is 13.9. The quantitative estimate of drug-likeness (QED) is 0.872. The van der Waals surface area contributed by atoms with Gasteiger partial charge >= 0.3 is 0 Å². The van der Waals surface area contributed by atoms with Crippen LogP contribution in [-0.4, -0.2) is 19.1 Å². The van der Waals surface area contributed by atoms with E-state index in [1.165, 1.54) is 0 Å². The third-order valence-corrected chi connectivity index (χ3v) is 3.88. The summed E-state index contributed by atoms with van der Waals surface area (Å²) in [5.41, 5.74) is 7.02. The molecule has 3 atom stereocenters. The number of hydrogen-bond donors (Lipinski definition) is 2. The summed E-state index contributed by atoms with van der Waals surface area (Å²) in [6, 6.07) is 7.75. The molecule has 4 heteroatoms. The number of carbonyl (C=O) groups is 1. The van der Waals surface area contributed by atoms with Crippen LogP contribution in [0.2, 0.25) is 0 Å². The molecule has 1 amide bonds. The van der Waals surface area contributed by atoms with Crippen LogP contribution in [-0.2, 0) is 4.79 Å². The molecule has 1 aromatic carbocycles. The van der Waals surface area contributed by atoms with Crippen LogP contribution in [0.1, 0.15) is 37.8 Å². The van der Waals surface area contributed by atoms with Gasteiger partial charge in [0.1, 0.15) is 5.75 Å². The molecule has 3 N–H and O–H groups in total. The van der Waals surface area contributed by atoms with Crippen LogP contribution >= 0.6 is 0 Å². The highest BCUT2D eigenvalue weighted by Gasteiger charge is 2.30. The molecule has 4 nitrogen and oxygen atoms in total. The summed E-state index contributed by atoms with van der Waals surface area (Å²) in [6.07, 6.45) is 2.91. The zero-order valence-electron chi connectivity index (χ0n) is 11.6. The number of amides is 1. The van der Waals surface area contributed by atoms with Crippen LogP contribution in [0.3, 0.4) is 0 Å². The highest BCUT2D eigenvalue weighted by Crippen LogP contribution is 2.25. The Bertz CT molecular complexity index is 430. The van der Waals surface area contributed by atoms with Gasteiger partial charge in [-0.1, -0.05) is 18.6 Å². The summed E-state index contributed by atoms with van der Waals surface area (Å²) in [5, 5.41) is 3.05. The smallest absolute Gasteiger partial charge is 0.225 e. The van der Waals surface area contributed by atoms with Gasteiger partial charge in [0.2, 0.25) is 5.91 Å². The van der Waals surface area contributed by atoms with Gasteiger partial charge in [0.15, 0.2) is 0 Å². The number of nitrogens with two attached hydrogens (primary N) is 1. The number of rotatable bonds is 4. The molecule has 0 radical (unpaired) electrons. The lowest BCUT2D eigenvalue weighted by atomic mass is 10.0. The summed E-state index contributed by atoms with van der Waals surface area (Å²) in [6.45, 7) is 1.99. The molecule has 0 heterocycles. The van der Waals surface area contributed by atoms with Gasteiger partial charge in [0, 0.05) is 6.04 Å². The normalized spacial score (nSPS) is 23.9. The van der Waals surface area contributed by atoms with E-state index in [-0.39, 0.29) is 23.9 Å². The Kier molecular flexibility index (Phi) is 4.43. The van der Waals surface area contributed by atoms with Crippen molar-refractivity contribution in [1.82, 2.24) is 5.32 Å². The van der Waals surface area contributed by atoms with E-state index in [4.69, 9.17) is 10.5 Å². The lowest BCUT2D eigenvalue weighted by Gasteiger charge is -2.20. The van der Waals surface area contributed by atoms with Crippen LogP contribution in [0.4, 0.5) is 0 Å². The molecule has 0 aliphatic heterocycles. The minimum Gasteiger partial charge on any atom is -0.497 e. The van der Waals surface area contributed by atoms with Crippen LogP contribution in [0, 0.1) is 5.92 Å². The maximum absolute atomic E-state index is 12.1. The molecule has 0 bridgehead atoms. The van der Waals surface area contributed by atoms with E-state index in [0.717, 1.165) is 30.6 Å². The fourth-order valence-corrected chi connectivity index (χ4v) is 2.61. The van der Waals surface area contributed by atoms with E-state index in [1.807, 2.05) is 31.2 Å². The van der Waals surface area contributed by atoms with Crippen molar-refractivity contribution in [2.45, 2.75) is 38.3 Å². The molecule has 1 fully saturated rings. The second-order valence-corrected chi connectivity index (χ2v) is 5.20. The third-order valence-electron chi connectivity index (χ3n) is 3.88. The highest BCUT2D eigenvalue weighted by atomic mass is 16.5. The lowest BCUT2D eigenvalue weighted by molar-refractivity contribution is -0.125. The Morgan fingerprint density at radius 1 is 1.37 bits per heavy atom. The average Bonchev–Trinajstić information content (AvgIpc) is 2.85. The number of benzene rings is 1. The minimum absolute atomic E-state index is 0.00814. The fraction of sp³-hybridized carbons (Fsp3) is 0.533. The Hall–Kier alpha value is -1.55. The highest BCUT2D eigenvalue weighted by molar-refractivity contribution is 5.80. The summed E-state index contributed by atoms with van der Waals surface area (Å²) in [5.74, 6) is 0.870. The Morgan fingerprint density at radius 3 is 2.58 bits per heavy atom. The Morgan fingerprint density at radius 2 is 2.05 bits per heavy atom. The zero-order chi connectivity index (χ0) is 13.8. The molecule has 1 aromatic rings. The van der Waals surface area contributed by atoms with Crippen LogP contribution in [0.25, 0.3) is 0 Å². The van der Waals surface area contributed by atoms with E-state index < -0.39 is 0 Å². The van der Waals surface area contributed by atoms with Gasteiger partial charge < -0.3 is 15.8 Å². The van der Waals surface area contributed by atoms with E-state index in [2.05, 4.69) is 5.32 Å². The number of ether oxygens (including phenoxy) is 1. The van der Waals surface area contributed by atoms with Gasteiger partial charge in [-0.3, -0.25) is 4.79 Å². The number of carbonyl (C=O) groups excluding carboxylic acids is 1. The van der Waals surface area contributed by atoms with Gasteiger partial charge in [-0.05, 0) is 37.5 Å². The molecule has 0 spiro atoms. The molecular weight excluding hydrogens is 240 g/mol. The second-order valence-electron chi connectivity index (χ2n) is 5.20. The SMILES string of the molecule is COc1ccc(C(C)NC(=O)C2CCCC2N)cc1. The fourth-order valence-electron chi connectivity index (χ4n) is 2.61. The molecule has 1 saturated carbocycles. The molecule has 0 aromatic heterocycles. The Labute approximate surface area is 114 Å². The number of hydrogen-bond acceptors (Lipinski definition) is 3. The first-order valence-electron chi connectivity index (χ1n) is 6.81. The monoisotopic (exact) mass is 262 g/mol. The predicted molar refractivity (Wildman–Crippen MR) is 74.9 cm³/mol. The molecule has 19 heavy (non-hydrogen) atoms. The van der Waals surface area contributed by atoms with Gasteiger partial charge in [-0.2, -0.15) is 0 Å². The largest absolute Gasteiger partial charge is 0.497 e. The molecule has 3 unspecified atom stereocenters. The van der Waals surface area contributed by atoms with Crippen molar-refractivity contribution in [1.29, 1.82) is 0 Å². The summed E-state index contributed by atoms with van der Waals surface area (Å²) < 4.78 is 5.12. The molecule has 104 valence electrons. The van der Waals surface area contributed by atoms with Gasteiger partial charge in [-0.25, -0.2) is 0 Å². The maximum atomic E-state index is 12.1. The topological polar surface area (TPSA) is 64.3 Å². The van der Waals surface area contributed by atoms with Crippen molar-refractivity contribution in [2.75, 3.05) is 7.11 Å². The van der Waals surface area contributed by atoms with Crippen LogP contribution in [0.15, 0.2) is 24.3 Å². The summed E-state index contributed by atoms with van der Waals surface area (Å²) in [4.78, 5) is 12.1. The minimum atomic E-state index is -0.0271. The molecule has 1 aliphatic rings. The van der Waals surface area contributed by atoms with E-state index in [1.54, 1.807) is 7.11 Å².